The third-order valence-corrected chi connectivity index (χ3v) is 5.47. The van der Waals surface area contributed by atoms with E-state index in [1.807, 2.05) is 18.2 Å². The van der Waals surface area contributed by atoms with Crippen LogP contribution in [-0.2, 0) is 4.74 Å². The molecule has 8 nitrogen and oxygen atoms in total. The van der Waals surface area contributed by atoms with Gasteiger partial charge in [0.2, 0.25) is 0 Å². The summed E-state index contributed by atoms with van der Waals surface area (Å²) in [5, 5.41) is 10.6. The average molecular weight is 441 g/mol. The summed E-state index contributed by atoms with van der Waals surface area (Å²) in [6, 6.07) is 12.1. The number of anilines is 1. The van der Waals surface area contributed by atoms with Gasteiger partial charge >= 0.3 is 12.1 Å². The van der Waals surface area contributed by atoms with Gasteiger partial charge in [0, 0.05) is 37.1 Å². The molecule has 0 spiro atoms. The first-order chi connectivity index (χ1) is 15.0. The number of piperazine rings is 1. The van der Waals surface area contributed by atoms with Gasteiger partial charge in [-0.05, 0) is 37.3 Å². The number of nitrogens with zero attached hydrogens (tertiary/aromatic N) is 4. The van der Waals surface area contributed by atoms with Crippen LogP contribution in [0.1, 0.15) is 17.3 Å². The number of halogens is 1. The van der Waals surface area contributed by atoms with E-state index in [4.69, 9.17) is 21.3 Å². The average Bonchev–Trinajstić information content (AvgIpc) is 2.78. The van der Waals surface area contributed by atoms with Crippen LogP contribution in [0.15, 0.2) is 42.5 Å². The standard InChI is InChI=1S/C22H21ClN4O4/c1-2-31-22(30)27-11-9-26(10-12-27)20-16-8-7-14(21(28)29)13-18(16)24-19(25-20)15-5-3-4-6-17(15)23/h3-8,13H,2,9-12H2,1H3,(H,28,29). The molecule has 4 rings (SSSR count). The minimum absolute atomic E-state index is 0.148. The third-order valence-electron chi connectivity index (χ3n) is 5.14. The van der Waals surface area contributed by atoms with Crippen LogP contribution in [0.5, 0.6) is 0 Å². The Morgan fingerprint density at radius 2 is 1.84 bits per heavy atom. The van der Waals surface area contributed by atoms with Crippen LogP contribution in [-0.4, -0.2) is 64.8 Å². The van der Waals surface area contributed by atoms with E-state index in [0.717, 1.165) is 5.39 Å². The summed E-state index contributed by atoms with van der Waals surface area (Å²) in [5.41, 5.74) is 1.33. The lowest BCUT2D eigenvalue weighted by molar-refractivity contribution is 0.0697. The molecule has 1 aliphatic rings. The molecule has 2 aromatic carbocycles. The van der Waals surface area contributed by atoms with Crippen molar-refractivity contribution >= 4 is 40.4 Å². The summed E-state index contributed by atoms with van der Waals surface area (Å²) in [4.78, 5) is 36.6. The Hall–Kier alpha value is -3.39. The molecular formula is C22H21ClN4O4. The molecule has 1 aliphatic heterocycles. The minimum atomic E-state index is -1.02. The molecule has 0 aliphatic carbocycles. The van der Waals surface area contributed by atoms with Gasteiger partial charge in [-0.3, -0.25) is 0 Å². The minimum Gasteiger partial charge on any atom is -0.478 e. The maximum atomic E-state index is 12.0. The molecule has 1 saturated heterocycles. The van der Waals surface area contributed by atoms with Gasteiger partial charge in [0.05, 0.1) is 22.7 Å². The fraction of sp³-hybridized carbons (Fsp3) is 0.273. The summed E-state index contributed by atoms with van der Waals surface area (Å²) < 4.78 is 5.09. The first-order valence-corrected chi connectivity index (χ1v) is 10.3. The molecule has 160 valence electrons. The molecule has 31 heavy (non-hydrogen) atoms. The molecule has 0 saturated carbocycles. The van der Waals surface area contributed by atoms with Crippen molar-refractivity contribution in [2.75, 3.05) is 37.7 Å². The molecule has 0 radical (unpaired) electrons. The summed E-state index contributed by atoms with van der Waals surface area (Å²) in [7, 11) is 0. The molecule has 1 amide bonds. The summed E-state index contributed by atoms with van der Waals surface area (Å²) in [6.07, 6.45) is -0.322. The van der Waals surface area contributed by atoms with Crippen molar-refractivity contribution in [2.45, 2.75) is 6.92 Å². The van der Waals surface area contributed by atoms with E-state index in [2.05, 4.69) is 9.88 Å². The maximum absolute atomic E-state index is 12.0. The van der Waals surface area contributed by atoms with Crippen molar-refractivity contribution in [3.8, 4) is 11.4 Å². The molecular weight excluding hydrogens is 420 g/mol. The van der Waals surface area contributed by atoms with Crippen LogP contribution in [0.3, 0.4) is 0 Å². The predicted molar refractivity (Wildman–Crippen MR) is 118 cm³/mol. The fourth-order valence-electron chi connectivity index (χ4n) is 3.57. The summed E-state index contributed by atoms with van der Waals surface area (Å²) >= 11 is 6.37. The van der Waals surface area contributed by atoms with Gasteiger partial charge in [-0.15, -0.1) is 0 Å². The number of fused-ring (bicyclic) bond motifs is 1. The SMILES string of the molecule is CCOC(=O)N1CCN(c2nc(-c3ccccc3Cl)nc3cc(C(=O)O)ccc23)CC1. The molecule has 9 heteroatoms. The zero-order valence-corrected chi connectivity index (χ0v) is 17.7. The number of amides is 1. The van der Waals surface area contributed by atoms with E-state index in [0.29, 0.717) is 60.5 Å². The molecule has 1 aromatic heterocycles. The Morgan fingerprint density at radius 3 is 2.52 bits per heavy atom. The predicted octanol–water partition coefficient (Wildman–Crippen LogP) is 3.93. The van der Waals surface area contributed by atoms with Crippen molar-refractivity contribution in [1.29, 1.82) is 0 Å². The van der Waals surface area contributed by atoms with E-state index < -0.39 is 5.97 Å². The Bertz CT molecular complexity index is 1150. The zero-order valence-electron chi connectivity index (χ0n) is 16.9. The maximum Gasteiger partial charge on any atom is 0.409 e. The zero-order chi connectivity index (χ0) is 22.0. The number of ether oxygens (including phenoxy) is 1. The van der Waals surface area contributed by atoms with Gasteiger partial charge in [-0.2, -0.15) is 0 Å². The highest BCUT2D eigenvalue weighted by Gasteiger charge is 2.25. The van der Waals surface area contributed by atoms with Gasteiger partial charge in [0.25, 0.3) is 0 Å². The topological polar surface area (TPSA) is 95.9 Å². The highest BCUT2D eigenvalue weighted by Crippen LogP contribution is 2.31. The molecule has 0 atom stereocenters. The molecule has 0 bridgehead atoms. The van der Waals surface area contributed by atoms with Crippen molar-refractivity contribution in [1.82, 2.24) is 14.9 Å². The van der Waals surface area contributed by atoms with E-state index >= 15 is 0 Å². The lowest BCUT2D eigenvalue weighted by atomic mass is 10.1. The number of carbonyl (C=O) groups excluding carboxylic acids is 1. The first kappa shape index (κ1) is 20.9. The lowest BCUT2D eigenvalue weighted by Crippen LogP contribution is -2.49. The van der Waals surface area contributed by atoms with Crippen LogP contribution in [0.2, 0.25) is 5.02 Å². The van der Waals surface area contributed by atoms with Crippen LogP contribution in [0, 0.1) is 0 Å². The van der Waals surface area contributed by atoms with Crippen LogP contribution in [0.4, 0.5) is 10.6 Å². The molecule has 3 aromatic rings. The Kier molecular flexibility index (Phi) is 5.90. The molecule has 2 heterocycles. The molecule has 0 unspecified atom stereocenters. The number of aromatic nitrogens is 2. The number of hydrogen-bond acceptors (Lipinski definition) is 6. The monoisotopic (exact) mass is 440 g/mol. The number of carboxylic acids is 1. The first-order valence-electron chi connectivity index (χ1n) is 9.94. The van der Waals surface area contributed by atoms with E-state index in [9.17, 15) is 14.7 Å². The second-order valence-electron chi connectivity index (χ2n) is 7.06. The quantitative estimate of drug-likeness (QED) is 0.656. The fourth-order valence-corrected chi connectivity index (χ4v) is 3.79. The third kappa shape index (κ3) is 4.25. The van der Waals surface area contributed by atoms with Gasteiger partial charge in [-0.25, -0.2) is 19.6 Å². The highest BCUT2D eigenvalue weighted by atomic mass is 35.5. The van der Waals surface area contributed by atoms with Gasteiger partial charge in [0.15, 0.2) is 5.82 Å². The van der Waals surface area contributed by atoms with E-state index in [1.165, 1.54) is 6.07 Å². The van der Waals surface area contributed by atoms with Crippen LogP contribution < -0.4 is 4.90 Å². The van der Waals surface area contributed by atoms with Crippen molar-refractivity contribution in [3.63, 3.8) is 0 Å². The van der Waals surface area contributed by atoms with Crippen LogP contribution in [0.25, 0.3) is 22.3 Å². The normalized spacial score (nSPS) is 14.0. The smallest absolute Gasteiger partial charge is 0.409 e. The summed E-state index contributed by atoms with van der Waals surface area (Å²) in [6.45, 7) is 4.24. The van der Waals surface area contributed by atoms with Gasteiger partial charge < -0.3 is 19.6 Å². The summed E-state index contributed by atoms with van der Waals surface area (Å²) in [5.74, 6) is 0.0771. The second kappa shape index (κ2) is 8.77. The van der Waals surface area contributed by atoms with Gasteiger partial charge in [0.1, 0.15) is 5.82 Å². The highest BCUT2D eigenvalue weighted by molar-refractivity contribution is 6.33. The Morgan fingerprint density at radius 1 is 1.10 bits per heavy atom. The number of rotatable bonds is 4. The Labute approximate surface area is 184 Å². The number of carbonyl (C=O) groups is 2. The molecule has 1 fully saturated rings. The number of aromatic carboxylic acids is 1. The van der Waals surface area contributed by atoms with E-state index in [-0.39, 0.29) is 11.7 Å². The number of carboxylic acid groups (broad SMARTS) is 1. The van der Waals surface area contributed by atoms with Crippen molar-refractivity contribution in [3.05, 3.63) is 53.1 Å². The second-order valence-corrected chi connectivity index (χ2v) is 7.47. The van der Waals surface area contributed by atoms with Crippen molar-refractivity contribution in [2.24, 2.45) is 0 Å². The molecule has 1 N–H and O–H groups in total. The van der Waals surface area contributed by atoms with Crippen LogP contribution >= 0.6 is 11.6 Å². The number of hydrogen-bond donors (Lipinski definition) is 1. The Balaban J connectivity index is 1.76. The number of benzene rings is 2. The van der Waals surface area contributed by atoms with Crippen molar-refractivity contribution < 1.29 is 19.4 Å². The largest absolute Gasteiger partial charge is 0.478 e. The van der Waals surface area contributed by atoms with E-state index in [1.54, 1.807) is 30.0 Å². The lowest BCUT2D eigenvalue weighted by Gasteiger charge is -2.35. The van der Waals surface area contributed by atoms with Gasteiger partial charge in [-0.1, -0.05) is 23.7 Å².